The van der Waals surface area contributed by atoms with Crippen LogP contribution in [0.2, 0.25) is 0 Å². The summed E-state index contributed by atoms with van der Waals surface area (Å²) in [7, 11) is 0. The van der Waals surface area contributed by atoms with Crippen molar-refractivity contribution < 1.29 is 4.74 Å². The van der Waals surface area contributed by atoms with Crippen molar-refractivity contribution in [3.63, 3.8) is 0 Å². The van der Waals surface area contributed by atoms with Crippen molar-refractivity contribution in [1.29, 1.82) is 0 Å². The van der Waals surface area contributed by atoms with Crippen LogP contribution in [0.5, 0.6) is 0 Å². The number of nitrogens with zero attached hydrogens (tertiary/aromatic N) is 4. The lowest BCUT2D eigenvalue weighted by Gasteiger charge is -2.30. The number of nitrogens with two attached hydrogens (primary N) is 1. The zero-order chi connectivity index (χ0) is 21.7. The summed E-state index contributed by atoms with van der Waals surface area (Å²) in [6.07, 6.45) is 5.29. The lowest BCUT2D eigenvalue weighted by molar-refractivity contribution is 0.104. The van der Waals surface area contributed by atoms with Crippen LogP contribution in [0.4, 0.5) is 5.82 Å². The van der Waals surface area contributed by atoms with Crippen LogP contribution in [0.25, 0.3) is 16.8 Å². The van der Waals surface area contributed by atoms with Gasteiger partial charge in [0.05, 0.1) is 12.3 Å². The average molecular weight is 424 g/mol. The quantitative estimate of drug-likeness (QED) is 0.505. The first-order valence-corrected chi connectivity index (χ1v) is 11.1. The molecule has 6 nitrogen and oxygen atoms in total. The summed E-state index contributed by atoms with van der Waals surface area (Å²) >= 11 is 0. The molecule has 0 saturated carbocycles. The van der Waals surface area contributed by atoms with Crippen LogP contribution in [0, 0.1) is 6.92 Å². The maximum absolute atomic E-state index is 6.13. The number of aromatic nitrogens is 4. The SMILES string of the molecule is Cc1nnc2n1-c1ccc(-c3ccc(N)nc3)c(C3CCCc4ccccc43)c1COC2. The molecule has 0 spiro atoms. The van der Waals surface area contributed by atoms with Gasteiger partial charge in [0.2, 0.25) is 0 Å². The van der Waals surface area contributed by atoms with Crippen LogP contribution in [-0.4, -0.2) is 19.7 Å². The Bertz CT molecular complexity index is 1310. The van der Waals surface area contributed by atoms with Crippen molar-refractivity contribution in [3.05, 3.63) is 88.6 Å². The molecule has 1 unspecified atom stereocenters. The molecular formula is C26H25N5O. The van der Waals surface area contributed by atoms with Gasteiger partial charge >= 0.3 is 0 Å². The van der Waals surface area contributed by atoms with Gasteiger partial charge in [-0.25, -0.2) is 4.98 Å². The Kier molecular flexibility index (Phi) is 4.54. The lowest BCUT2D eigenvalue weighted by Crippen LogP contribution is -2.16. The number of pyridine rings is 1. The largest absolute Gasteiger partial charge is 0.384 e. The summed E-state index contributed by atoms with van der Waals surface area (Å²) in [5.74, 6) is 2.55. The Labute approximate surface area is 187 Å². The Balaban J connectivity index is 1.64. The highest BCUT2D eigenvalue weighted by atomic mass is 16.5. The van der Waals surface area contributed by atoms with Crippen molar-refractivity contribution >= 4 is 5.82 Å². The summed E-state index contributed by atoms with van der Waals surface area (Å²) in [5, 5.41) is 8.66. The number of aryl methyl sites for hydroxylation is 2. The monoisotopic (exact) mass is 423 g/mol. The number of ether oxygens (including phenoxy) is 1. The third kappa shape index (κ3) is 3.02. The van der Waals surface area contributed by atoms with Crippen LogP contribution >= 0.6 is 0 Å². The second kappa shape index (κ2) is 7.57. The van der Waals surface area contributed by atoms with Gasteiger partial charge in [0.25, 0.3) is 0 Å². The standard InChI is InChI=1S/C26H25N5O/c1-16-29-30-25-15-32-14-22-23(31(16)25)11-10-20(18-9-12-24(27)28-13-18)26(22)21-8-4-6-17-5-2-3-7-19(17)21/h2-3,5,7,9-13,21H,4,6,8,14-15H2,1H3,(H2,27,28). The van der Waals surface area contributed by atoms with Crippen LogP contribution in [-0.2, 0) is 24.4 Å². The van der Waals surface area contributed by atoms with E-state index in [2.05, 4.69) is 62.2 Å². The number of anilines is 1. The zero-order valence-electron chi connectivity index (χ0n) is 18.1. The van der Waals surface area contributed by atoms with Crippen molar-refractivity contribution in [2.24, 2.45) is 0 Å². The van der Waals surface area contributed by atoms with Gasteiger partial charge in [0.15, 0.2) is 5.82 Å². The number of fused-ring (bicyclic) bond motifs is 4. The lowest BCUT2D eigenvalue weighted by atomic mass is 9.75. The minimum Gasteiger partial charge on any atom is -0.384 e. The van der Waals surface area contributed by atoms with E-state index in [0.29, 0.717) is 24.9 Å². The molecule has 0 fully saturated rings. The predicted octanol–water partition coefficient (Wildman–Crippen LogP) is 4.72. The summed E-state index contributed by atoms with van der Waals surface area (Å²) in [5.41, 5.74) is 14.7. The molecule has 0 bridgehead atoms. The average Bonchev–Trinajstić information content (AvgIpc) is 3.08. The highest BCUT2D eigenvalue weighted by Crippen LogP contribution is 2.45. The minimum absolute atomic E-state index is 0.296. The van der Waals surface area contributed by atoms with Gasteiger partial charge in [-0.1, -0.05) is 30.3 Å². The second-order valence-electron chi connectivity index (χ2n) is 8.63. The first-order valence-electron chi connectivity index (χ1n) is 11.1. The molecule has 0 radical (unpaired) electrons. The first kappa shape index (κ1) is 19.2. The molecule has 4 aromatic rings. The molecule has 1 aliphatic heterocycles. The zero-order valence-corrected chi connectivity index (χ0v) is 18.1. The van der Waals surface area contributed by atoms with E-state index >= 15 is 0 Å². The Morgan fingerprint density at radius 3 is 2.81 bits per heavy atom. The fourth-order valence-electron chi connectivity index (χ4n) is 5.34. The molecule has 1 atom stereocenters. The predicted molar refractivity (Wildman–Crippen MR) is 123 cm³/mol. The Morgan fingerprint density at radius 1 is 1.03 bits per heavy atom. The molecule has 6 rings (SSSR count). The maximum atomic E-state index is 6.13. The Morgan fingerprint density at radius 2 is 1.94 bits per heavy atom. The van der Waals surface area contributed by atoms with Gasteiger partial charge in [-0.05, 0) is 66.6 Å². The number of benzene rings is 2. The van der Waals surface area contributed by atoms with Crippen molar-refractivity contribution in [1.82, 2.24) is 19.7 Å². The van der Waals surface area contributed by atoms with E-state index in [9.17, 15) is 0 Å². The molecule has 3 heterocycles. The summed E-state index contributed by atoms with van der Waals surface area (Å²) in [4.78, 5) is 4.38. The Hall–Kier alpha value is -3.51. The number of hydrogen-bond donors (Lipinski definition) is 1. The van der Waals surface area contributed by atoms with E-state index in [1.54, 1.807) is 0 Å². The molecule has 0 amide bonds. The molecule has 32 heavy (non-hydrogen) atoms. The van der Waals surface area contributed by atoms with E-state index in [1.807, 2.05) is 19.2 Å². The number of hydrogen-bond acceptors (Lipinski definition) is 5. The molecule has 0 saturated heterocycles. The van der Waals surface area contributed by atoms with Crippen LogP contribution < -0.4 is 5.73 Å². The molecule has 2 aromatic heterocycles. The van der Waals surface area contributed by atoms with Gasteiger partial charge in [-0.2, -0.15) is 0 Å². The second-order valence-corrected chi connectivity index (χ2v) is 8.63. The normalized spacial score (nSPS) is 17.2. The first-order chi connectivity index (χ1) is 15.7. The summed E-state index contributed by atoms with van der Waals surface area (Å²) in [6, 6.07) is 17.2. The molecule has 6 heteroatoms. The highest BCUT2D eigenvalue weighted by Gasteiger charge is 2.30. The van der Waals surface area contributed by atoms with Crippen LogP contribution in [0.1, 0.15) is 52.7 Å². The van der Waals surface area contributed by atoms with Crippen molar-refractivity contribution in [2.75, 3.05) is 5.73 Å². The molecular weight excluding hydrogens is 398 g/mol. The van der Waals surface area contributed by atoms with Gasteiger partial charge in [-0.15, -0.1) is 10.2 Å². The van der Waals surface area contributed by atoms with Gasteiger partial charge < -0.3 is 10.5 Å². The molecule has 1 aliphatic carbocycles. The van der Waals surface area contributed by atoms with Crippen LogP contribution in [0.3, 0.4) is 0 Å². The summed E-state index contributed by atoms with van der Waals surface area (Å²) in [6.45, 7) is 3.00. The molecule has 2 aliphatic rings. The van der Waals surface area contributed by atoms with E-state index in [-0.39, 0.29) is 0 Å². The van der Waals surface area contributed by atoms with Crippen molar-refractivity contribution in [2.45, 2.75) is 45.3 Å². The van der Waals surface area contributed by atoms with Crippen molar-refractivity contribution in [3.8, 4) is 16.8 Å². The van der Waals surface area contributed by atoms with Crippen LogP contribution in [0.15, 0.2) is 54.7 Å². The molecule has 2 aromatic carbocycles. The fraction of sp³-hybridized carbons (Fsp3) is 0.269. The van der Waals surface area contributed by atoms with E-state index in [0.717, 1.165) is 35.7 Å². The third-order valence-electron chi connectivity index (χ3n) is 6.76. The number of nitrogen functional groups attached to an aromatic ring is 1. The van der Waals surface area contributed by atoms with Gasteiger partial charge in [0, 0.05) is 23.2 Å². The maximum Gasteiger partial charge on any atom is 0.163 e. The minimum atomic E-state index is 0.296. The van der Waals surface area contributed by atoms with Gasteiger partial charge in [0.1, 0.15) is 18.2 Å². The smallest absolute Gasteiger partial charge is 0.163 e. The summed E-state index contributed by atoms with van der Waals surface area (Å²) < 4.78 is 8.28. The van der Waals surface area contributed by atoms with Gasteiger partial charge in [-0.3, -0.25) is 4.57 Å². The molecule has 160 valence electrons. The number of rotatable bonds is 2. The topological polar surface area (TPSA) is 78.9 Å². The van der Waals surface area contributed by atoms with E-state index in [4.69, 9.17) is 10.5 Å². The highest BCUT2D eigenvalue weighted by molar-refractivity contribution is 5.74. The third-order valence-corrected chi connectivity index (χ3v) is 6.76. The van der Waals surface area contributed by atoms with E-state index < -0.39 is 0 Å². The van der Waals surface area contributed by atoms with E-state index in [1.165, 1.54) is 34.2 Å². The fourth-order valence-corrected chi connectivity index (χ4v) is 5.34. The molecule has 2 N–H and O–H groups in total.